The van der Waals surface area contributed by atoms with Crippen LogP contribution in [0.25, 0.3) is 0 Å². The number of para-hydroxylation sites is 1. The van der Waals surface area contributed by atoms with Crippen molar-refractivity contribution in [3.63, 3.8) is 0 Å². The van der Waals surface area contributed by atoms with Crippen LogP contribution in [0.3, 0.4) is 0 Å². The molecule has 4 rings (SSSR count). The predicted molar refractivity (Wildman–Crippen MR) is 85.5 cm³/mol. The van der Waals surface area contributed by atoms with Crippen molar-refractivity contribution in [2.24, 2.45) is 0 Å². The fraction of sp³-hybridized carbons (Fsp3) is 0.294. The summed E-state index contributed by atoms with van der Waals surface area (Å²) in [6.07, 6.45) is 2.34. The molecule has 4 heteroatoms. The highest BCUT2D eigenvalue weighted by Crippen LogP contribution is 2.36. The van der Waals surface area contributed by atoms with Gasteiger partial charge in [0.1, 0.15) is 0 Å². The van der Waals surface area contributed by atoms with Gasteiger partial charge in [-0.05, 0) is 48.7 Å². The maximum absolute atomic E-state index is 6.26. The van der Waals surface area contributed by atoms with Crippen molar-refractivity contribution >= 4 is 23.0 Å². The normalized spacial score (nSPS) is 20.9. The molecular weight excluding hydrogens is 284 g/mol. The Morgan fingerprint density at radius 3 is 2.81 bits per heavy atom. The van der Waals surface area contributed by atoms with Gasteiger partial charge in [0.25, 0.3) is 0 Å². The maximum atomic E-state index is 6.26. The van der Waals surface area contributed by atoms with Crippen molar-refractivity contribution in [3.05, 3.63) is 59.1 Å². The molecule has 2 aromatic rings. The molecule has 0 saturated carbocycles. The third-order valence-corrected chi connectivity index (χ3v) is 4.39. The Morgan fingerprint density at radius 2 is 1.95 bits per heavy atom. The van der Waals surface area contributed by atoms with E-state index >= 15 is 0 Å². The molecule has 1 unspecified atom stereocenters. The molecule has 0 bridgehead atoms. The number of anilines is 2. The molecule has 1 saturated heterocycles. The zero-order chi connectivity index (χ0) is 14.2. The molecule has 108 valence electrons. The van der Waals surface area contributed by atoms with Crippen molar-refractivity contribution < 1.29 is 4.84 Å². The highest BCUT2D eigenvalue weighted by molar-refractivity contribution is 6.30. The Bertz CT molecular complexity index is 646. The van der Waals surface area contributed by atoms with Crippen molar-refractivity contribution in [1.82, 2.24) is 0 Å². The zero-order valence-electron chi connectivity index (χ0n) is 11.7. The van der Waals surface area contributed by atoms with Crippen LogP contribution in [0, 0.1) is 0 Å². The van der Waals surface area contributed by atoms with Gasteiger partial charge >= 0.3 is 0 Å². The lowest BCUT2D eigenvalue weighted by atomic mass is 10.1. The molecule has 2 aliphatic heterocycles. The van der Waals surface area contributed by atoms with E-state index in [4.69, 9.17) is 16.4 Å². The van der Waals surface area contributed by atoms with E-state index in [1.807, 2.05) is 29.3 Å². The minimum atomic E-state index is 0.118. The minimum absolute atomic E-state index is 0.118. The molecule has 0 radical (unpaired) electrons. The molecule has 1 atom stereocenters. The largest absolute Gasteiger partial charge is 0.344 e. The lowest BCUT2D eigenvalue weighted by Gasteiger charge is -2.28. The van der Waals surface area contributed by atoms with E-state index < -0.39 is 0 Å². The SMILES string of the molecule is Clc1ccc2c(c1)CN(c1ccccc1)OC1CCCN21. The third-order valence-electron chi connectivity index (χ3n) is 4.16. The molecule has 1 fully saturated rings. The second-order valence-corrected chi connectivity index (χ2v) is 5.98. The standard InChI is InChI=1S/C17H17ClN2O/c18-14-8-9-16-13(11-14)12-20(15-5-2-1-3-6-15)21-17-7-4-10-19(16)17/h1-3,5-6,8-9,11,17H,4,7,10,12H2. The van der Waals surface area contributed by atoms with Crippen LogP contribution >= 0.6 is 11.6 Å². The summed E-state index contributed by atoms with van der Waals surface area (Å²) in [5, 5.41) is 2.77. The van der Waals surface area contributed by atoms with Gasteiger partial charge in [-0.2, -0.15) is 0 Å². The summed E-state index contributed by atoms with van der Waals surface area (Å²) in [4.78, 5) is 8.62. The average molecular weight is 301 g/mol. The Morgan fingerprint density at radius 1 is 1.10 bits per heavy atom. The zero-order valence-corrected chi connectivity index (χ0v) is 12.5. The molecule has 0 spiro atoms. The Labute approximate surface area is 129 Å². The molecule has 2 aromatic carbocycles. The maximum Gasteiger partial charge on any atom is 0.157 e. The monoisotopic (exact) mass is 300 g/mol. The number of nitrogens with zero attached hydrogens (tertiary/aromatic N) is 2. The highest BCUT2D eigenvalue weighted by atomic mass is 35.5. The molecule has 0 amide bonds. The van der Waals surface area contributed by atoms with Crippen molar-refractivity contribution in [2.45, 2.75) is 25.6 Å². The second kappa shape index (κ2) is 5.24. The van der Waals surface area contributed by atoms with Crippen LogP contribution in [0.4, 0.5) is 11.4 Å². The van der Waals surface area contributed by atoms with Crippen LogP contribution in [0.15, 0.2) is 48.5 Å². The average Bonchev–Trinajstić information content (AvgIpc) is 2.90. The van der Waals surface area contributed by atoms with Gasteiger partial charge in [-0.3, -0.25) is 0 Å². The van der Waals surface area contributed by atoms with Gasteiger partial charge in [-0.1, -0.05) is 29.8 Å². The van der Waals surface area contributed by atoms with E-state index in [1.165, 1.54) is 11.3 Å². The second-order valence-electron chi connectivity index (χ2n) is 5.54. The smallest absolute Gasteiger partial charge is 0.157 e. The van der Waals surface area contributed by atoms with Gasteiger partial charge < -0.3 is 4.90 Å². The molecule has 0 aliphatic carbocycles. The van der Waals surface area contributed by atoms with E-state index in [2.05, 4.69) is 29.2 Å². The number of benzene rings is 2. The summed E-state index contributed by atoms with van der Waals surface area (Å²) < 4.78 is 0. The summed E-state index contributed by atoms with van der Waals surface area (Å²) >= 11 is 6.19. The topological polar surface area (TPSA) is 15.7 Å². The number of fused-ring (bicyclic) bond motifs is 3. The lowest BCUT2D eigenvalue weighted by molar-refractivity contribution is 0.0404. The van der Waals surface area contributed by atoms with Crippen LogP contribution < -0.4 is 9.96 Å². The van der Waals surface area contributed by atoms with Crippen LogP contribution in [-0.2, 0) is 11.4 Å². The number of halogens is 1. The first-order chi connectivity index (χ1) is 10.3. The minimum Gasteiger partial charge on any atom is -0.344 e. The number of hydrogen-bond donors (Lipinski definition) is 0. The van der Waals surface area contributed by atoms with Crippen molar-refractivity contribution in [2.75, 3.05) is 16.5 Å². The van der Waals surface area contributed by atoms with Crippen LogP contribution in [0.2, 0.25) is 5.02 Å². The van der Waals surface area contributed by atoms with Gasteiger partial charge in [0.15, 0.2) is 6.23 Å². The molecular formula is C17H17ClN2O. The van der Waals surface area contributed by atoms with E-state index in [0.29, 0.717) is 6.54 Å². The molecule has 0 aromatic heterocycles. The molecule has 21 heavy (non-hydrogen) atoms. The van der Waals surface area contributed by atoms with E-state index in [1.54, 1.807) is 0 Å². The Balaban J connectivity index is 1.77. The Kier molecular flexibility index (Phi) is 3.24. The van der Waals surface area contributed by atoms with Crippen LogP contribution in [0.1, 0.15) is 18.4 Å². The van der Waals surface area contributed by atoms with E-state index in [0.717, 1.165) is 30.1 Å². The summed E-state index contributed by atoms with van der Waals surface area (Å²) in [5.41, 5.74) is 3.55. The summed E-state index contributed by atoms with van der Waals surface area (Å²) in [5.74, 6) is 0. The molecule has 2 aliphatic rings. The Hall–Kier alpha value is -1.71. The van der Waals surface area contributed by atoms with Gasteiger partial charge in [0.2, 0.25) is 0 Å². The summed E-state index contributed by atoms with van der Waals surface area (Å²) in [7, 11) is 0. The van der Waals surface area contributed by atoms with E-state index in [9.17, 15) is 0 Å². The van der Waals surface area contributed by atoms with Crippen LogP contribution in [0.5, 0.6) is 0 Å². The van der Waals surface area contributed by atoms with Crippen molar-refractivity contribution in [1.29, 1.82) is 0 Å². The van der Waals surface area contributed by atoms with Gasteiger partial charge in [-0.15, -0.1) is 0 Å². The van der Waals surface area contributed by atoms with Crippen LogP contribution in [-0.4, -0.2) is 12.8 Å². The highest BCUT2D eigenvalue weighted by Gasteiger charge is 2.32. The van der Waals surface area contributed by atoms with Crippen molar-refractivity contribution in [3.8, 4) is 0 Å². The first kappa shape index (κ1) is 13.0. The number of hydroxylamine groups is 1. The fourth-order valence-corrected chi connectivity index (χ4v) is 3.36. The van der Waals surface area contributed by atoms with Gasteiger partial charge in [0, 0.05) is 17.3 Å². The molecule has 3 nitrogen and oxygen atoms in total. The van der Waals surface area contributed by atoms with E-state index in [-0.39, 0.29) is 6.23 Å². The predicted octanol–water partition coefficient (Wildman–Crippen LogP) is 4.22. The summed E-state index contributed by atoms with van der Waals surface area (Å²) in [6.45, 7) is 1.76. The van der Waals surface area contributed by atoms with Gasteiger partial charge in [-0.25, -0.2) is 9.90 Å². The summed E-state index contributed by atoms with van der Waals surface area (Å²) in [6, 6.07) is 16.4. The van der Waals surface area contributed by atoms with Gasteiger partial charge in [0.05, 0.1) is 12.2 Å². The first-order valence-electron chi connectivity index (χ1n) is 7.36. The first-order valence-corrected chi connectivity index (χ1v) is 7.73. The number of hydrogen-bond acceptors (Lipinski definition) is 3. The number of rotatable bonds is 1. The quantitative estimate of drug-likeness (QED) is 0.784. The molecule has 2 heterocycles. The fourth-order valence-electron chi connectivity index (χ4n) is 3.17. The third kappa shape index (κ3) is 2.37. The molecule has 0 N–H and O–H groups in total. The lowest BCUT2D eigenvalue weighted by Crippen LogP contribution is -2.35.